The minimum atomic E-state index is 0. The number of carbonyl (C=O) groups excluding carboxylic acids is 1. The van der Waals surface area contributed by atoms with Crippen LogP contribution in [0.3, 0.4) is 0 Å². The highest BCUT2D eigenvalue weighted by molar-refractivity contribution is 5.85. The molecule has 0 aromatic heterocycles. The zero-order valence-electron chi connectivity index (χ0n) is 5.26. The number of nitrogens with zero attached hydrogens (tertiary/aromatic N) is 1. The van der Waals surface area contributed by atoms with Crippen molar-refractivity contribution in [3.05, 3.63) is 0 Å². The minimum Gasteiger partial charge on any atom is -0.348 e. The van der Waals surface area contributed by atoms with Crippen molar-refractivity contribution < 1.29 is 4.79 Å². The second-order valence-electron chi connectivity index (χ2n) is 1.59. The van der Waals surface area contributed by atoms with E-state index in [9.17, 15) is 4.79 Å². The van der Waals surface area contributed by atoms with Gasteiger partial charge in [-0.3, -0.25) is 4.79 Å². The molecule has 0 bridgehead atoms. The van der Waals surface area contributed by atoms with Gasteiger partial charge in [-0.05, 0) is 6.42 Å². The van der Waals surface area contributed by atoms with Crippen LogP contribution in [0.1, 0.15) is 13.3 Å². The number of hydrogen-bond donors (Lipinski definition) is 0. The van der Waals surface area contributed by atoms with Gasteiger partial charge in [-0.1, -0.05) is 6.92 Å². The van der Waals surface area contributed by atoms with Crippen LogP contribution in [-0.4, -0.2) is 24.9 Å². The normalized spacial score (nSPS) is 7.25. The molecule has 0 fully saturated rings. The van der Waals surface area contributed by atoms with Gasteiger partial charge in [0, 0.05) is 13.6 Å². The first kappa shape index (κ1) is 10.7. The molecule has 0 rings (SSSR count). The fourth-order valence-corrected chi connectivity index (χ4v) is 0.405. The first-order chi connectivity index (χ1) is 3.31. The average Bonchev–Trinajstić information content (AvgIpc) is 1.68. The van der Waals surface area contributed by atoms with Gasteiger partial charge in [0.05, 0.1) is 0 Å². The standard InChI is InChI=1S/C5H11NO.ClH/c1-3-4-6(2)5-7;/h5H,3-4H2,1-2H3;1H. The number of carbonyl (C=O) groups is 1. The lowest BCUT2D eigenvalue weighted by Gasteiger charge is -2.05. The van der Waals surface area contributed by atoms with Crippen molar-refractivity contribution in [2.45, 2.75) is 13.3 Å². The third-order valence-corrected chi connectivity index (χ3v) is 0.756. The summed E-state index contributed by atoms with van der Waals surface area (Å²) in [5, 5.41) is 0. The van der Waals surface area contributed by atoms with Crippen LogP contribution >= 0.6 is 12.4 Å². The van der Waals surface area contributed by atoms with Gasteiger partial charge >= 0.3 is 0 Å². The molecule has 0 N–H and O–H groups in total. The Kier molecular flexibility index (Phi) is 9.03. The molecular formula is C5H12ClNO. The van der Waals surface area contributed by atoms with Crippen LogP contribution in [0.4, 0.5) is 0 Å². The van der Waals surface area contributed by atoms with E-state index >= 15 is 0 Å². The zero-order valence-corrected chi connectivity index (χ0v) is 6.07. The second kappa shape index (κ2) is 6.76. The summed E-state index contributed by atoms with van der Waals surface area (Å²) in [6, 6.07) is 0. The molecule has 0 atom stereocenters. The largest absolute Gasteiger partial charge is 0.348 e. The van der Waals surface area contributed by atoms with E-state index < -0.39 is 0 Å². The Hall–Kier alpha value is -0.240. The molecule has 3 heteroatoms. The van der Waals surface area contributed by atoms with Gasteiger partial charge in [-0.25, -0.2) is 0 Å². The van der Waals surface area contributed by atoms with Gasteiger partial charge in [0.15, 0.2) is 0 Å². The van der Waals surface area contributed by atoms with Crippen molar-refractivity contribution in [1.29, 1.82) is 0 Å². The summed E-state index contributed by atoms with van der Waals surface area (Å²) in [5.74, 6) is 0. The highest BCUT2D eigenvalue weighted by Crippen LogP contribution is 1.77. The molecule has 0 aliphatic rings. The van der Waals surface area contributed by atoms with Crippen LogP contribution in [0.25, 0.3) is 0 Å². The first-order valence-electron chi connectivity index (χ1n) is 2.46. The van der Waals surface area contributed by atoms with E-state index in [1.54, 1.807) is 11.9 Å². The van der Waals surface area contributed by atoms with Crippen molar-refractivity contribution >= 4 is 18.8 Å². The van der Waals surface area contributed by atoms with Crippen LogP contribution in [0.5, 0.6) is 0 Å². The number of amides is 1. The maximum absolute atomic E-state index is 9.82. The Balaban J connectivity index is 0. The van der Waals surface area contributed by atoms with Crippen molar-refractivity contribution in [2.24, 2.45) is 0 Å². The summed E-state index contributed by atoms with van der Waals surface area (Å²) in [7, 11) is 1.77. The van der Waals surface area contributed by atoms with E-state index in [4.69, 9.17) is 0 Å². The fourth-order valence-electron chi connectivity index (χ4n) is 0.405. The Morgan fingerprint density at radius 2 is 2.12 bits per heavy atom. The zero-order chi connectivity index (χ0) is 5.70. The Morgan fingerprint density at radius 1 is 1.62 bits per heavy atom. The average molecular weight is 138 g/mol. The molecule has 8 heavy (non-hydrogen) atoms. The van der Waals surface area contributed by atoms with E-state index in [-0.39, 0.29) is 12.4 Å². The topological polar surface area (TPSA) is 20.3 Å². The molecule has 0 aliphatic heterocycles. The van der Waals surface area contributed by atoms with E-state index in [0.29, 0.717) is 0 Å². The molecule has 2 nitrogen and oxygen atoms in total. The number of rotatable bonds is 3. The predicted octanol–water partition coefficient (Wildman–Crippen LogP) is 0.906. The van der Waals surface area contributed by atoms with E-state index in [1.807, 2.05) is 6.92 Å². The van der Waals surface area contributed by atoms with Crippen molar-refractivity contribution in [2.75, 3.05) is 13.6 Å². The van der Waals surface area contributed by atoms with Crippen LogP contribution in [0.15, 0.2) is 0 Å². The van der Waals surface area contributed by atoms with Crippen molar-refractivity contribution in [1.82, 2.24) is 4.90 Å². The van der Waals surface area contributed by atoms with Crippen LogP contribution in [-0.2, 0) is 4.79 Å². The molecule has 0 spiro atoms. The highest BCUT2D eigenvalue weighted by Gasteiger charge is 1.84. The SMILES string of the molecule is CCCN(C)C=O.Cl. The Bertz CT molecular complexity index is 58.4. The van der Waals surface area contributed by atoms with Crippen LogP contribution in [0.2, 0.25) is 0 Å². The van der Waals surface area contributed by atoms with E-state index in [0.717, 1.165) is 19.4 Å². The summed E-state index contributed by atoms with van der Waals surface area (Å²) < 4.78 is 0. The monoisotopic (exact) mass is 137 g/mol. The molecule has 0 unspecified atom stereocenters. The molecule has 1 amide bonds. The third kappa shape index (κ3) is 5.76. The maximum Gasteiger partial charge on any atom is 0.209 e. The number of hydrogen-bond acceptors (Lipinski definition) is 1. The van der Waals surface area contributed by atoms with E-state index in [2.05, 4.69) is 0 Å². The molecule has 0 radical (unpaired) electrons. The summed E-state index contributed by atoms with van der Waals surface area (Å²) in [6.07, 6.45) is 1.87. The fraction of sp³-hybridized carbons (Fsp3) is 0.800. The third-order valence-electron chi connectivity index (χ3n) is 0.756. The molecule has 0 aromatic rings. The molecule has 0 aromatic carbocycles. The summed E-state index contributed by atoms with van der Waals surface area (Å²) >= 11 is 0. The van der Waals surface area contributed by atoms with Crippen molar-refractivity contribution in [3.8, 4) is 0 Å². The second-order valence-corrected chi connectivity index (χ2v) is 1.59. The number of halogens is 1. The molecule has 0 heterocycles. The van der Waals surface area contributed by atoms with Crippen LogP contribution < -0.4 is 0 Å². The lowest BCUT2D eigenvalue weighted by atomic mass is 10.5. The minimum absolute atomic E-state index is 0. The lowest BCUT2D eigenvalue weighted by molar-refractivity contribution is -0.117. The highest BCUT2D eigenvalue weighted by atomic mass is 35.5. The molecule has 0 aliphatic carbocycles. The molecular weight excluding hydrogens is 126 g/mol. The van der Waals surface area contributed by atoms with Gasteiger partial charge in [0.1, 0.15) is 0 Å². The first-order valence-corrected chi connectivity index (χ1v) is 2.46. The van der Waals surface area contributed by atoms with Crippen molar-refractivity contribution in [3.63, 3.8) is 0 Å². The summed E-state index contributed by atoms with van der Waals surface area (Å²) in [4.78, 5) is 11.4. The quantitative estimate of drug-likeness (QED) is 0.530. The Morgan fingerprint density at radius 3 is 2.25 bits per heavy atom. The van der Waals surface area contributed by atoms with E-state index in [1.165, 1.54) is 0 Å². The summed E-state index contributed by atoms with van der Waals surface area (Å²) in [6.45, 7) is 2.91. The maximum atomic E-state index is 9.82. The lowest BCUT2D eigenvalue weighted by Crippen LogP contribution is -2.15. The van der Waals surface area contributed by atoms with Gasteiger partial charge in [-0.15, -0.1) is 12.4 Å². The van der Waals surface area contributed by atoms with Crippen LogP contribution in [0, 0.1) is 0 Å². The predicted molar refractivity (Wildman–Crippen MR) is 36.2 cm³/mol. The smallest absolute Gasteiger partial charge is 0.209 e. The van der Waals surface area contributed by atoms with Gasteiger partial charge in [0.2, 0.25) is 6.41 Å². The van der Waals surface area contributed by atoms with Gasteiger partial charge < -0.3 is 4.90 Å². The van der Waals surface area contributed by atoms with Gasteiger partial charge in [0.25, 0.3) is 0 Å². The molecule has 50 valence electrons. The Labute approximate surface area is 56.3 Å². The summed E-state index contributed by atoms with van der Waals surface area (Å²) in [5.41, 5.74) is 0. The van der Waals surface area contributed by atoms with Gasteiger partial charge in [-0.2, -0.15) is 0 Å². The molecule has 0 saturated heterocycles. The molecule has 0 saturated carbocycles.